The SMILES string of the molecule is CCc1ccc2occ(C(=O)NCCc3cn[nH]c3)c2c1. The molecule has 0 aliphatic carbocycles. The average Bonchev–Trinajstić information content (AvgIpc) is 3.15. The van der Waals surface area contributed by atoms with Crippen molar-refractivity contribution in [2.45, 2.75) is 19.8 Å². The van der Waals surface area contributed by atoms with Gasteiger partial charge in [0.1, 0.15) is 11.8 Å². The van der Waals surface area contributed by atoms with Crippen LogP contribution in [-0.4, -0.2) is 22.6 Å². The summed E-state index contributed by atoms with van der Waals surface area (Å²) in [5.74, 6) is -0.106. The minimum atomic E-state index is -0.106. The van der Waals surface area contributed by atoms with E-state index in [-0.39, 0.29) is 5.91 Å². The number of aromatic amines is 1. The first-order chi connectivity index (χ1) is 10.3. The van der Waals surface area contributed by atoms with E-state index in [2.05, 4.69) is 22.4 Å². The maximum atomic E-state index is 12.3. The molecule has 0 aliphatic heterocycles. The van der Waals surface area contributed by atoms with E-state index >= 15 is 0 Å². The van der Waals surface area contributed by atoms with Gasteiger partial charge < -0.3 is 9.73 Å². The van der Waals surface area contributed by atoms with Crippen LogP contribution < -0.4 is 5.32 Å². The molecule has 5 heteroatoms. The van der Waals surface area contributed by atoms with Crippen LogP contribution in [0.15, 0.2) is 41.3 Å². The van der Waals surface area contributed by atoms with E-state index in [0.717, 1.165) is 29.4 Å². The molecule has 3 aromatic rings. The number of H-pyrrole nitrogens is 1. The van der Waals surface area contributed by atoms with E-state index in [1.807, 2.05) is 24.4 Å². The van der Waals surface area contributed by atoms with E-state index in [1.165, 1.54) is 11.8 Å². The number of hydrogen-bond acceptors (Lipinski definition) is 3. The van der Waals surface area contributed by atoms with Crippen molar-refractivity contribution in [3.63, 3.8) is 0 Å². The van der Waals surface area contributed by atoms with Gasteiger partial charge in [-0.05, 0) is 36.1 Å². The number of aryl methyl sites for hydroxylation is 1. The first-order valence-corrected chi connectivity index (χ1v) is 7.04. The van der Waals surface area contributed by atoms with Crippen molar-refractivity contribution in [2.75, 3.05) is 6.54 Å². The van der Waals surface area contributed by atoms with Gasteiger partial charge in [0.15, 0.2) is 0 Å². The summed E-state index contributed by atoms with van der Waals surface area (Å²) >= 11 is 0. The Hall–Kier alpha value is -2.56. The Morgan fingerprint density at radius 1 is 1.38 bits per heavy atom. The lowest BCUT2D eigenvalue weighted by Crippen LogP contribution is -2.25. The Morgan fingerprint density at radius 3 is 3.05 bits per heavy atom. The predicted octanol–water partition coefficient (Wildman–Crippen LogP) is 2.69. The lowest BCUT2D eigenvalue weighted by molar-refractivity contribution is 0.0955. The standard InChI is InChI=1S/C16H17N3O2/c1-2-11-3-4-15-13(7-11)14(10-21-15)16(20)17-6-5-12-8-18-19-9-12/h3-4,7-10H,2,5-6H2,1H3,(H,17,20)(H,18,19). The summed E-state index contributed by atoms with van der Waals surface area (Å²) in [5.41, 5.74) is 3.59. The smallest absolute Gasteiger partial charge is 0.255 e. The molecule has 3 rings (SSSR count). The summed E-state index contributed by atoms with van der Waals surface area (Å²) in [4.78, 5) is 12.3. The average molecular weight is 283 g/mol. The molecule has 0 saturated carbocycles. The second-order valence-electron chi connectivity index (χ2n) is 4.95. The molecule has 5 nitrogen and oxygen atoms in total. The van der Waals surface area contributed by atoms with Crippen LogP contribution in [0.1, 0.15) is 28.4 Å². The predicted molar refractivity (Wildman–Crippen MR) is 80.2 cm³/mol. The van der Waals surface area contributed by atoms with Crippen LogP contribution >= 0.6 is 0 Å². The number of hydrogen-bond donors (Lipinski definition) is 2. The van der Waals surface area contributed by atoms with Crippen molar-refractivity contribution in [3.05, 3.63) is 53.5 Å². The number of nitrogens with zero attached hydrogens (tertiary/aromatic N) is 1. The molecule has 0 spiro atoms. The molecule has 21 heavy (non-hydrogen) atoms. The molecule has 108 valence electrons. The number of fused-ring (bicyclic) bond motifs is 1. The van der Waals surface area contributed by atoms with Crippen LogP contribution in [0.25, 0.3) is 11.0 Å². The van der Waals surface area contributed by atoms with Gasteiger partial charge in [-0.1, -0.05) is 13.0 Å². The highest BCUT2D eigenvalue weighted by Gasteiger charge is 2.13. The Balaban J connectivity index is 1.72. The quantitative estimate of drug-likeness (QED) is 0.756. The fourth-order valence-electron chi connectivity index (χ4n) is 2.30. The van der Waals surface area contributed by atoms with E-state index in [0.29, 0.717) is 12.1 Å². The fraction of sp³-hybridized carbons (Fsp3) is 0.250. The number of nitrogens with one attached hydrogen (secondary N) is 2. The molecule has 1 aromatic carbocycles. The zero-order valence-corrected chi connectivity index (χ0v) is 11.8. The van der Waals surface area contributed by atoms with Crippen LogP contribution in [0, 0.1) is 0 Å². The van der Waals surface area contributed by atoms with Crippen molar-refractivity contribution in [3.8, 4) is 0 Å². The molecular formula is C16H17N3O2. The van der Waals surface area contributed by atoms with Gasteiger partial charge in [0.25, 0.3) is 5.91 Å². The van der Waals surface area contributed by atoms with Crippen molar-refractivity contribution in [2.24, 2.45) is 0 Å². The van der Waals surface area contributed by atoms with Gasteiger partial charge in [-0.25, -0.2) is 0 Å². The largest absolute Gasteiger partial charge is 0.463 e. The van der Waals surface area contributed by atoms with Crippen LogP contribution in [0.3, 0.4) is 0 Å². The van der Waals surface area contributed by atoms with Crippen molar-refractivity contribution in [1.82, 2.24) is 15.5 Å². The summed E-state index contributed by atoms with van der Waals surface area (Å²) in [6.07, 6.45) is 6.79. The molecular weight excluding hydrogens is 266 g/mol. The maximum Gasteiger partial charge on any atom is 0.255 e. The maximum absolute atomic E-state index is 12.3. The lowest BCUT2D eigenvalue weighted by Gasteiger charge is -2.03. The van der Waals surface area contributed by atoms with E-state index < -0.39 is 0 Å². The van der Waals surface area contributed by atoms with Gasteiger partial charge in [0, 0.05) is 18.1 Å². The van der Waals surface area contributed by atoms with Crippen LogP contribution in [0.5, 0.6) is 0 Å². The third-order valence-corrected chi connectivity index (χ3v) is 3.54. The lowest BCUT2D eigenvalue weighted by atomic mass is 10.1. The number of furan rings is 1. The second kappa shape index (κ2) is 5.83. The number of benzene rings is 1. The molecule has 2 aromatic heterocycles. The summed E-state index contributed by atoms with van der Waals surface area (Å²) in [5, 5.41) is 10.4. The Labute approximate surface area is 122 Å². The van der Waals surface area contributed by atoms with Gasteiger partial charge in [-0.2, -0.15) is 5.10 Å². The van der Waals surface area contributed by atoms with Gasteiger partial charge in [-0.15, -0.1) is 0 Å². The summed E-state index contributed by atoms with van der Waals surface area (Å²) in [6, 6.07) is 5.95. The molecule has 0 radical (unpaired) electrons. The van der Waals surface area contributed by atoms with Gasteiger partial charge in [0.2, 0.25) is 0 Å². The third-order valence-electron chi connectivity index (χ3n) is 3.54. The van der Waals surface area contributed by atoms with Crippen molar-refractivity contribution < 1.29 is 9.21 Å². The van der Waals surface area contributed by atoms with Gasteiger partial charge >= 0.3 is 0 Å². The molecule has 2 N–H and O–H groups in total. The highest BCUT2D eigenvalue weighted by molar-refractivity contribution is 6.06. The van der Waals surface area contributed by atoms with E-state index in [9.17, 15) is 4.79 Å². The van der Waals surface area contributed by atoms with Crippen molar-refractivity contribution >= 4 is 16.9 Å². The Bertz CT molecular complexity index is 744. The number of amides is 1. The first-order valence-electron chi connectivity index (χ1n) is 7.04. The van der Waals surface area contributed by atoms with Gasteiger partial charge in [0.05, 0.1) is 11.8 Å². The van der Waals surface area contributed by atoms with E-state index in [4.69, 9.17) is 4.42 Å². The topological polar surface area (TPSA) is 70.9 Å². The van der Waals surface area contributed by atoms with Crippen LogP contribution in [0.2, 0.25) is 0 Å². The Morgan fingerprint density at radius 2 is 2.29 bits per heavy atom. The zero-order chi connectivity index (χ0) is 14.7. The monoisotopic (exact) mass is 283 g/mol. The highest BCUT2D eigenvalue weighted by Crippen LogP contribution is 2.22. The highest BCUT2D eigenvalue weighted by atomic mass is 16.3. The zero-order valence-electron chi connectivity index (χ0n) is 11.8. The first kappa shape index (κ1) is 13.4. The molecule has 0 saturated heterocycles. The fourth-order valence-corrected chi connectivity index (χ4v) is 2.30. The van der Waals surface area contributed by atoms with Gasteiger partial charge in [-0.3, -0.25) is 9.89 Å². The normalized spacial score (nSPS) is 10.9. The number of carbonyl (C=O) groups is 1. The van der Waals surface area contributed by atoms with E-state index in [1.54, 1.807) is 6.20 Å². The molecule has 1 amide bonds. The molecule has 0 unspecified atom stereocenters. The minimum Gasteiger partial charge on any atom is -0.463 e. The number of rotatable bonds is 5. The summed E-state index contributed by atoms with van der Waals surface area (Å²) < 4.78 is 5.45. The van der Waals surface area contributed by atoms with Crippen LogP contribution in [-0.2, 0) is 12.8 Å². The molecule has 0 bridgehead atoms. The minimum absolute atomic E-state index is 0.106. The number of carbonyl (C=O) groups excluding carboxylic acids is 1. The summed E-state index contributed by atoms with van der Waals surface area (Å²) in [6.45, 7) is 2.66. The molecule has 0 aliphatic rings. The second-order valence-corrected chi connectivity index (χ2v) is 4.95. The molecule has 0 fully saturated rings. The molecule has 2 heterocycles. The molecule has 0 atom stereocenters. The number of aromatic nitrogens is 2. The Kier molecular flexibility index (Phi) is 3.73. The third kappa shape index (κ3) is 2.81. The van der Waals surface area contributed by atoms with Crippen LogP contribution in [0.4, 0.5) is 0 Å². The summed E-state index contributed by atoms with van der Waals surface area (Å²) in [7, 11) is 0. The van der Waals surface area contributed by atoms with Crippen molar-refractivity contribution in [1.29, 1.82) is 0 Å².